The van der Waals surface area contributed by atoms with E-state index < -0.39 is 17.3 Å². The lowest BCUT2D eigenvalue weighted by molar-refractivity contribution is -0.141. The lowest BCUT2D eigenvalue weighted by Gasteiger charge is -2.23. The van der Waals surface area contributed by atoms with Crippen molar-refractivity contribution in [1.29, 1.82) is 0 Å². The second kappa shape index (κ2) is 6.95. The van der Waals surface area contributed by atoms with Gasteiger partial charge in [0.05, 0.1) is 0 Å². The third kappa shape index (κ3) is 3.56. The van der Waals surface area contributed by atoms with Gasteiger partial charge in [-0.3, -0.25) is 9.78 Å². The number of aryl methyl sites for hydroxylation is 1. The number of rotatable bonds is 7. The number of nitrogens with zero attached hydrogens (tertiary/aromatic N) is 1. The highest BCUT2D eigenvalue weighted by Gasteiger charge is 2.41. The Bertz CT molecular complexity index is 643. The van der Waals surface area contributed by atoms with E-state index in [0.29, 0.717) is 18.4 Å². The van der Waals surface area contributed by atoms with E-state index in [9.17, 15) is 14.7 Å². The molecule has 1 atom stereocenters. The number of carbonyl (C=O) groups is 2. The second-order valence-corrected chi connectivity index (χ2v) is 5.15. The monoisotopic (exact) mass is 298 g/mol. The van der Waals surface area contributed by atoms with Gasteiger partial charge in [0.2, 0.25) is 0 Å². The van der Waals surface area contributed by atoms with Crippen molar-refractivity contribution in [3.8, 4) is 0 Å². The number of nitrogens with two attached hydrogens (primary N) is 1. The maximum atomic E-state index is 12.4. The summed E-state index contributed by atoms with van der Waals surface area (Å²) in [5.74, 6) is -1.87. The van der Waals surface area contributed by atoms with Gasteiger partial charge < -0.3 is 10.8 Å². The molecule has 114 valence electrons. The lowest BCUT2D eigenvalue weighted by atomic mass is 9.85. The number of pyridine rings is 1. The van der Waals surface area contributed by atoms with E-state index in [1.807, 2.05) is 18.2 Å². The first-order valence-corrected chi connectivity index (χ1v) is 7.06. The lowest BCUT2D eigenvalue weighted by Crippen LogP contribution is -2.55. The molecular formula is C17H18N2O3. The largest absolute Gasteiger partial charge is 0.480 e. The Labute approximate surface area is 128 Å². The Balaban J connectivity index is 2.08. The van der Waals surface area contributed by atoms with Crippen molar-refractivity contribution < 1.29 is 14.7 Å². The van der Waals surface area contributed by atoms with E-state index in [0.717, 1.165) is 5.69 Å². The van der Waals surface area contributed by atoms with Crippen LogP contribution in [0, 0.1) is 0 Å². The number of hydrogen-bond donors (Lipinski definition) is 2. The summed E-state index contributed by atoms with van der Waals surface area (Å²) in [5.41, 5.74) is 5.16. The Hall–Kier alpha value is -2.53. The molecule has 2 aromatic rings. The van der Waals surface area contributed by atoms with Gasteiger partial charge in [0.15, 0.2) is 11.3 Å². The number of ketones is 1. The van der Waals surface area contributed by atoms with Crippen molar-refractivity contribution in [2.45, 2.75) is 24.8 Å². The third-order valence-electron chi connectivity index (χ3n) is 3.55. The number of Topliss-reactive ketones (excluding diaryl/α,β-unsaturated/α-hetero) is 1. The maximum absolute atomic E-state index is 12.4. The van der Waals surface area contributed by atoms with Gasteiger partial charge in [-0.15, -0.1) is 0 Å². The van der Waals surface area contributed by atoms with Crippen LogP contribution in [0.2, 0.25) is 0 Å². The van der Waals surface area contributed by atoms with Gasteiger partial charge >= 0.3 is 5.97 Å². The van der Waals surface area contributed by atoms with Crippen molar-refractivity contribution >= 4 is 11.8 Å². The van der Waals surface area contributed by atoms with Crippen LogP contribution in [-0.2, 0) is 11.2 Å². The summed E-state index contributed by atoms with van der Waals surface area (Å²) in [6.07, 6.45) is 2.79. The van der Waals surface area contributed by atoms with Gasteiger partial charge in [-0.1, -0.05) is 36.4 Å². The Morgan fingerprint density at radius 1 is 1.09 bits per heavy atom. The molecule has 1 heterocycles. The summed E-state index contributed by atoms with van der Waals surface area (Å²) in [4.78, 5) is 28.1. The zero-order valence-electron chi connectivity index (χ0n) is 12.1. The molecule has 0 aliphatic rings. The van der Waals surface area contributed by atoms with Crippen LogP contribution in [0.4, 0.5) is 0 Å². The number of carboxylic acid groups (broad SMARTS) is 1. The number of carboxylic acids is 1. The van der Waals surface area contributed by atoms with Gasteiger partial charge in [0.1, 0.15) is 0 Å². The van der Waals surface area contributed by atoms with Gasteiger partial charge in [0.25, 0.3) is 0 Å². The number of aliphatic carboxylic acids is 1. The average Bonchev–Trinajstić information content (AvgIpc) is 2.55. The minimum absolute atomic E-state index is 0.0621. The molecule has 0 saturated carbocycles. The molecule has 1 aromatic heterocycles. The predicted molar refractivity (Wildman–Crippen MR) is 82.5 cm³/mol. The first-order valence-electron chi connectivity index (χ1n) is 7.06. The molecule has 1 aromatic carbocycles. The summed E-state index contributed by atoms with van der Waals surface area (Å²) in [5, 5.41) is 9.40. The van der Waals surface area contributed by atoms with E-state index in [4.69, 9.17) is 5.73 Å². The van der Waals surface area contributed by atoms with Crippen LogP contribution in [0.5, 0.6) is 0 Å². The number of benzene rings is 1. The molecule has 5 nitrogen and oxygen atoms in total. The minimum Gasteiger partial charge on any atom is -0.480 e. The zero-order valence-corrected chi connectivity index (χ0v) is 12.1. The van der Waals surface area contributed by atoms with E-state index in [-0.39, 0.29) is 6.42 Å². The second-order valence-electron chi connectivity index (χ2n) is 5.15. The van der Waals surface area contributed by atoms with Gasteiger partial charge in [-0.25, -0.2) is 4.79 Å². The molecule has 0 radical (unpaired) electrons. The van der Waals surface area contributed by atoms with Crippen molar-refractivity contribution in [3.05, 3.63) is 66.0 Å². The summed E-state index contributed by atoms with van der Waals surface area (Å²) < 4.78 is 0. The van der Waals surface area contributed by atoms with Crippen LogP contribution in [0.25, 0.3) is 0 Å². The van der Waals surface area contributed by atoms with Crippen LogP contribution >= 0.6 is 0 Å². The fourth-order valence-electron chi connectivity index (χ4n) is 2.26. The number of carbonyl (C=O) groups excluding carboxylic acids is 1. The third-order valence-corrected chi connectivity index (χ3v) is 3.55. The standard InChI is InChI=1S/C17H18N2O3/c18-17(16(21)22,15(20)13-7-2-1-3-8-13)11-6-10-14-9-4-5-12-19-14/h1-5,7-9,12H,6,10-11,18H2,(H,21,22). The molecule has 0 aliphatic heterocycles. The minimum atomic E-state index is -1.91. The first kappa shape index (κ1) is 15.9. The molecule has 0 fully saturated rings. The Kier molecular flexibility index (Phi) is 5.01. The van der Waals surface area contributed by atoms with E-state index in [1.165, 1.54) is 0 Å². The molecule has 22 heavy (non-hydrogen) atoms. The maximum Gasteiger partial charge on any atom is 0.331 e. The molecule has 0 bridgehead atoms. The van der Waals surface area contributed by atoms with E-state index in [1.54, 1.807) is 36.5 Å². The highest BCUT2D eigenvalue weighted by molar-refractivity contribution is 6.15. The SMILES string of the molecule is NC(CCCc1ccccn1)(C(=O)O)C(=O)c1ccccc1. The molecule has 0 saturated heterocycles. The zero-order chi connectivity index (χ0) is 16.0. The van der Waals surface area contributed by atoms with Crippen molar-refractivity contribution in [1.82, 2.24) is 4.98 Å². The van der Waals surface area contributed by atoms with Crippen molar-refractivity contribution in [2.24, 2.45) is 5.73 Å². The van der Waals surface area contributed by atoms with Gasteiger partial charge in [0, 0.05) is 17.5 Å². The van der Waals surface area contributed by atoms with Gasteiger partial charge in [-0.05, 0) is 31.4 Å². The smallest absolute Gasteiger partial charge is 0.331 e. The summed E-state index contributed by atoms with van der Waals surface area (Å²) in [6, 6.07) is 13.8. The molecule has 2 rings (SSSR count). The molecule has 0 amide bonds. The first-order chi connectivity index (χ1) is 10.5. The molecule has 0 aliphatic carbocycles. The van der Waals surface area contributed by atoms with Crippen LogP contribution < -0.4 is 5.73 Å². The van der Waals surface area contributed by atoms with Crippen LogP contribution in [0.15, 0.2) is 54.7 Å². The van der Waals surface area contributed by atoms with Crippen LogP contribution in [0.3, 0.4) is 0 Å². The van der Waals surface area contributed by atoms with E-state index >= 15 is 0 Å². The summed E-state index contributed by atoms with van der Waals surface area (Å²) >= 11 is 0. The number of hydrogen-bond acceptors (Lipinski definition) is 4. The highest BCUT2D eigenvalue weighted by Crippen LogP contribution is 2.19. The topological polar surface area (TPSA) is 93.3 Å². The fraction of sp³-hybridized carbons (Fsp3) is 0.235. The Morgan fingerprint density at radius 2 is 1.77 bits per heavy atom. The van der Waals surface area contributed by atoms with E-state index in [2.05, 4.69) is 4.98 Å². The Morgan fingerprint density at radius 3 is 2.36 bits per heavy atom. The number of aromatic nitrogens is 1. The van der Waals surface area contributed by atoms with Gasteiger partial charge in [-0.2, -0.15) is 0 Å². The molecule has 3 N–H and O–H groups in total. The van der Waals surface area contributed by atoms with Crippen LogP contribution in [0.1, 0.15) is 28.9 Å². The average molecular weight is 298 g/mol. The highest BCUT2D eigenvalue weighted by atomic mass is 16.4. The summed E-state index contributed by atoms with van der Waals surface area (Å²) in [6.45, 7) is 0. The molecule has 1 unspecified atom stereocenters. The molecule has 0 spiro atoms. The van der Waals surface area contributed by atoms with Crippen LogP contribution in [-0.4, -0.2) is 27.4 Å². The normalized spacial score (nSPS) is 13.3. The quantitative estimate of drug-likeness (QED) is 0.603. The van der Waals surface area contributed by atoms with Crippen molar-refractivity contribution in [2.75, 3.05) is 0 Å². The molecular weight excluding hydrogens is 280 g/mol. The molecule has 5 heteroatoms. The fourth-order valence-corrected chi connectivity index (χ4v) is 2.26. The van der Waals surface area contributed by atoms with Crippen molar-refractivity contribution in [3.63, 3.8) is 0 Å². The summed E-state index contributed by atoms with van der Waals surface area (Å²) in [7, 11) is 0. The predicted octanol–water partition coefficient (Wildman–Crippen LogP) is 2.07.